The number of rotatable bonds is 6. The Bertz CT molecular complexity index is 1150. The van der Waals surface area contributed by atoms with Crippen LogP contribution in [0.25, 0.3) is 17.1 Å². The number of aromatic nitrogens is 4. The van der Waals surface area contributed by atoms with E-state index in [4.69, 9.17) is 4.42 Å². The molecule has 0 fully saturated rings. The SMILES string of the molecule is Cc1cc(C)cc(-n2ccnc2SCc2nnc(-c3ccc([N+](=O)[O-])cc3)o2)c1. The highest BCUT2D eigenvalue weighted by molar-refractivity contribution is 7.98. The first-order valence-electron chi connectivity index (χ1n) is 8.81. The van der Waals surface area contributed by atoms with E-state index in [-0.39, 0.29) is 5.69 Å². The molecule has 0 radical (unpaired) electrons. The van der Waals surface area contributed by atoms with Gasteiger partial charge in [-0.05, 0) is 49.2 Å². The van der Waals surface area contributed by atoms with Gasteiger partial charge in [-0.25, -0.2) is 4.98 Å². The van der Waals surface area contributed by atoms with Gasteiger partial charge in [-0.15, -0.1) is 10.2 Å². The Morgan fingerprint density at radius 2 is 1.83 bits per heavy atom. The molecule has 146 valence electrons. The normalized spacial score (nSPS) is 11.0. The van der Waals surface area contributed by atoms with Crippen molar-refractivity contribution in [2.24, 2.45) is 0 Å². The third-order valence-electron chi connectivity index (χ3n) is 4.21. The van der Waals surface area contributed by atoms with Crippen LogP contribution in [0.1, 0.15) is 17.0 Å². The van der Waals surface area contributed by atoms with E-state index in [9.17, 15) is 10.1 Å². The Kier molecular flexibility index (Phi) is 5.13. The van der Waals surface area contributed by atoms with E-state index < -0.39 is 4.92 Å². The van der Waals surface area contributed by atoms with E-state index in [1.807, 2.05) is 10.8 Å². The molecule has 0 atom stereocenters. The molecule has 2 heterocycles. The number of hydrogen-bond acceptors (Lipinski definition) is 7. The molecule has 9 heteroatoms. The zero-order valence-electron chi connectivity index (χ0n) is 15.8. The van der Waals surface area contributed by atoms with Crippen LogP contribution in [-0.4, -0.2) is 24.7 Å². The summed E-state index contributed by atoms with van der Waals surface area (Å²) >= 11 is 1.49. The fraction of sp³-hybridized carbons (Fsp3) is 0.150. The van der Waals surface area contributed by atoms with Crippen LogP contribution in [0.3, 0.4) is 0 Å². The average molecular weight is 407 g/mol. The molecule has 0 saturated carbocycles. The highest BCUT2D eigenvalue weighted by atomic mass is 32.2. The van der Waals surface area contributed by atoms with Crippen molar-refractivity contribution in [2.45, 2.75) is 24.8 Å². The van der Waals surface area contributed by atoms with Crippen LogP contribution in [0.5, 0.6) is 0 Å². The van der Waals surface area contributed by atoms with Crippen molar-refractivity contribution in [1.82, 2.24) is 19.7 Å². The van der Waals surface area contributed by atoms with Gasteiger partial charge in [-0.1, -0.05) is 17.8 Å². The first-order valence-corrected chi connectivity index (χ1v) is 9.80. The van der Waals surface area contributed by atoms with Crippen LogP contribution in [0.4, 0.5) is 5.69 Å². The van der Waals surface area contributed by atoms with Gasteiger partial charge in [0.25, 0.3) is 5.69 Å². The Hall–Kier alpha value is -3.46. The lowest BCUT2D eigenvalue weighted by atomic mass is 10.1. The van der Waals surface area contributed by atoms with Crippen LogP contribution in [0, 0.1) is 24.0 Å². The predicted molar refractivity (Wildman–Crippen MR) is 109 cm³/mol. The van der Waals surface area contributed by atoms with Gasteiger partial charge in [0.15, 0.2) is 5.16 Å². The first kappa shape index (κ1) is 18.9. The molecule has 4 rings (SSSR count). The summed E-state index contributed by atoms with van der Waals surface area (Å²) < 4.78 is 7.73. The van der Waals surface area contributed by atoms with E-state index in [1.165, 1.54) is 35.0 Å². The van der Waals surface area contributed by atoms with E-state index in [0.717, 1.165) is 10.8 Å². The summed E-state index contributed by atoms with van der Waals surface area (Å²) in [5, 5.41) is 19.7. The maximum atomic E-state index is 10.8. The fourth-order valence-electron chi connectivity index (χ4n) is 2.96. The highest BCUT2D eigenvalue weighted by Crippen LogP contribution is 2.27. The zero-order chi connectivity index (χ0) is 20.4. The van der Waals surface area contributed by atoms with Gasteiger partial charge in [0.2, 0.25) is 11.8 Å². The van der Waals surface area contributed by atoms with Crippen LogP contribution in [0.15, 0.2) is 64.4 Å². The maximum absolute atomic E-state index is 10.8. The van der Waals surface area contributed by atoms with Crippen LogP contribution >= 0.6 is 11.8 Å². The number of imidazole rings is 1. The Balaban J connectivity index is 1.48. The predicted octanol–water partition coefficient (Wildman–Crippen LogP) is 4.74. The Labute approximate surface area is 170 Å². The maximum Gasteiger partial charge on any atom is 0.269 e. The summed E-state index contributed by atoms with van der Waals surface area (Å²) in [6, 6.07) is 12.4. The summed E-state index contributed by atoms with van der Waals surface area (Å²) in [7, 11) is 0. The molecule has 0 aliphatic rings. The van der Waals surface area contributed by atoms with Crippen molar-refractivity contribution < 1.29 is 9.34 Å². The molecule has 29 heavy (non-hydrogen) atoms. The van der Waals surface area contributed by atoms with Crippen molar-refractivity contribution in [3.63, 3.8) is 0 Å². The van der Waals surface area contributed by atoms with Gasteiger partial charge < -0.3 is 4.42 Å². The quantitative estimate of drug-likeness (QED) is 0.258. The molecule has 0 spiro atoms. The van der Waals surface area contributed by atoms with Crippen molar-refractivity contribution in [3.05, 3.63) is 82.0 Å². The van der Waals surface area contributed by atoms with Gasteiger partial charge in [0.1, 0.15) is 0 Å². The molecule has 0 N–H and O–H groups in total. The summed E-state index contributed by atoms with van der Waals surface area (Å²) in [5.41, 5.74) is 4.08. The number of nitrogens with zero attached hydrogens (tertiary/aromatic N) is 5. The largest absolute Gasteiger partial charge is 0.420 e. The summed E-state index contributed by atoms with van der Waals surface area (Å²) in [6.07, 6.45) is 3.68. The van der Waals surface area contributed by atoms with E-state index in [0.29, 0.717) is 23.1 Å². The number of non-ortho nitro benzene ring substituents is 1. The van der Waals surface area contributed by atoms with E-state index >= 15 is 0 Å². The molecule has 2 aromatic carbocycles. The molecule has 4 aromatic rings. The minimum Gasteiger partial charge on any atom is -0.420 e. The van der Waals surface area contributed by atoms with Crippen molar-refractivity contribution in [2.75, 3.05) is 0 Å². The number of nitro groups is 1. The molecule has 0 aliphatic carbocycles. The topological polar surface area (TPSA) is 99.9 Å². The first-order chi connectivity index (χ1) is 14.0. The Morgan fingerprint density at radius 3 is 2.52 bits per heavy atom. The van der Waals surface area contributed by atoms with Gasteiger partial charge >= 0.3 is 0 Å². The lowest BCUT2D eigenvalue weighted by Crippen LogP contribution is -1.97. The zero-order valence-corrected chi connectivity index (χ0v) is 16.6. The van der Waals surface area contributed by atoms with Gasteiger partial charge in [0.05, 0.1) is 10.7 Å². The molecule has 0 aliphatic heterocycles. The number of aryl methyl sites for hydroxylation is 2. The van der Waals surface area contributed by atoms with Gasteiger partial charge in [-0.2, -0.15) is 0 Å². The second kappa shape index (κ2) is 7.88. The van der Waals surface area contributed by atoms with Gasteiger partial charge in [-0.3, -0.25) is 14.7 Å². The highest BCUT2D eigenvalue weighted by Gasteiger charge is 2.13. The second-order valence-electron chi connectivity index (χ2n) is 6.52. The molecular weight excluding hydrogens is 390 g/mol. The molecule has 8 nitrogen and oxygen atoms in total. The summed E-state index contributed by atoms with van der Waals surface area (Å²) in [4.78, 5) is 14.7. The van der Waals surface area contributed by atoms with E-state index in [2.05, 4.69) is 47.2 Å². The molecule has 0 unspecified atom stereocenters. The number of thioether (sulfide) groups is 1. The Morgan fingerprint density at radius 1 is 1.10 bits per heavy atom. The summed E-state index contributed by atoms with van der Waals surface area (Å²) in [5.74, 6) is 1.24. The smallest absolute Gasteiger partial charge is 0.269 e. The minimum atomic E-state index is -0.447. The lowest BCUT2D eigenvalue weighted by molar-refractivity contribution is -0.384. The number of nitro benzene ring substituents is 1. The van der Waals surface area contributed by atoms with E-state index in [1.54, 1.807) is 18.3 Å². The standard InChI is InChI=1S/C20H17N5O3S/c1-13-9-14(2)11-17(10-13)24-8-7-21-20(24)29-12-18-22-23-19(28-18)15-3-5-16(6-4-15)25(26)27/h3-11H,12H2,1-2H3. The van der Waals surface area contributed by atoms with Crippen LogP contribution in [0.2, 0.25) is 0 Å². The summed E-state index contributed by atoms with van der Waals surface area (Å²) in [6.45, 7) is 4.14. The second-order valence-corrected chi connectivity index (χ2v) is 7.46. The van der Waals surface area contributed by atoms with Crippen molar-refractivity contribution in [1.29, 1.82) is 0 Å². The lowest BCUT2D eigenvalue weighted by Gasteiger charge is -2.09. The molecular formula is C20H17N5O3S. The molecule has 0 saturated heterocycles. The third kappa shape index (κ3) is 4.19. The molecule has 0 bridgehead atoms. The van der Waals surface area contributed by atoms with Crippen molar-refractivity contribution in [3.8, 4) is 17.1 Å². The number of benzene rings is 2. The van der Waals surface area contributed by atoms with Crippen LogP contribution in [-0.2, 0) is 5.75 Å². The minimum absolute atomic E-state index is 0.0160. The fourth-order valence-corrected chi connectivity index (χ4v) is 3.77. The monoisotopic (exact) mass is 407 g/mol. The van der Waals surface area contributed by atoms with Crippen LogP contribution < -0.4 is 0 Å². The van der Waals surface area contributed by atoms with Gasteiger partial charge in [0, 0.05) is 35.8 Å². The average Bonchev–Trinajstić information content (AvgIpc) is 3.35. The molecule has 0 amide bonds. The number of hydrogen-bond donors (Lipinski definition) is 0. The third-order valence-corrected chi connectivity index (χ3v) is 5.16. The molecule has 2 aromatic heterocycles. The van der Waals surface area contributed by atoms with Crippen molar-refractivity contribution >= 4 is 17.4 Å².